The van der Waals surface area contributed by atoms with Crippen molar-refractivity contribution in [3.63, 3.8) is 0 Å². The van der Waals surface area contributed by atoms with Gasteiger partial charge in [0.05, 0.1) is 6.10 Å². The normalized spacial score (nSPS) is 15.8. The number of hydrogen-bond donors (Lipinski definition) is 2. The van der Waals surface area contributed by atoms with Crippen LogP contribution in [0, 0.1) is 6.92 Å². The van der Waals surface area contributed by atoms with Gasteiger partial charge in [-0.15, -0.1) is 0 Å². The number of aromatic hydroxyl groups is 1. The van der Waals surface area contributed by atoms with E-state index in [0.29, 0.717) is 23.9 Å². The number of nitrogens with zero attached hydrogens (tertiary/aromatic N) is 5. The first kappa shape index (κ1) is 22.2. The first-order valence-electron chi connectivity index (χ1n) is 11.1. The third-order valence-electron chi connectivity index (χ3n) is 6.08. The molecule has 1 aliphatic heterocycles. The van der Waals surface area contributed by atoms with Gasteiger partial charge in [-0.2, -0.15) is 0 Å². The third-order valence-corrected chi connectivity index (χ3v) is 6.08. The molecule has 168 valence electrons. The van der Waals surface area contributed by atoms with E-state index in [-0.39, 0.29) is 5.75 Å². The summed E-state index contributed by atoms with van der Waals surface area (Å²) in [6.45, 7) is 3.76. The molecule has 0 radical (unpaired) electrons. The van der Waals surface area contributed by atoms with Crippen molar-refractivity contribution in [2.45, 2.75) is 38.3 Å². The van der Waals surface area contributed by atoms with Crippen LogP contribution in [0.3, 0.4) is 0 Å². The lowest BCUT2D eigenvalue weighted by molar-refractivity contribution is 0.176. The van der Waals surface area contributed by atoms with E-state index >= 15 is 0 Å². The van der Waals surface area contributed by atoms with Gasteiger partial charge in [0, 0.05) is 55.3 Å². The molecule has 1 aliphatic rings. The fourth-order valence-corrected chi connectivity index (χ4v) is 4.29. The summed E-state index contributed by atoms with van der Waals surface area (Å²) >= 11 is 0. The van der Waals surface area contributed by atoms with Crippen LogP contribution in [-0.2, 0) is 6.42 Å². The highest BCUT2D eigenvalue weighted by molar-refractivity contribution is 5.57. The molecule has 3 aromatic rings. The Labute approximate surface area is 189 Å². The summed E-state index contributed by atoms with van der Waals surface area (Å²) in [5.41, 5.74) is 3.19. The van der Waals surface area contributed by atoms with Gasteiger partial charge in [0.2, 0.25) is 0 Å². The van der Waals surface area contributed by atoms with Gasteiger partial charge in [-0.25, -0.2) is 9.97 Å². The molecule has 1 unspecified atom stereocenters. The molecular formula is C25H31N5O2. The number of hydrogen-bond acceptors (Lipinski definition) is 7. The standard InChI is InChI=1S/C25H31N5O2/c1-17-11-19(13-22(31)12-17)23(32)14-20-15-24(30-9-6-21(7-10-30)29(2)3)28-25(27-20)18-5-4-8-26-16-18/h4-5,8,11-13,15-16,21,23,31-32H,6-7,9-10,14H2,1-3H3. The summed E-state index contributed by atoms with van der Waals surface area (Å²) in [6, 6.07) is 11.6. The molecule has 4 rings (SSSR count). The van der Waals surface area contributed by atoms with Crippen molar-refractivity contribution in [1.29, 1.82) is 0 Å². The summed E-state index contributed by atoms with van der Waals surface area (Å²) in [5, 5.41) is 20.8. The summed E-state index contributed by atoms with van der Waals surface area (Å²) in [4.78, 5) is 18.4. The average molecular weight is 434 g/mol. The quantitative estimate of drug-likeness (QED) is 0.616. The molecule has 1 atom stereocenters. The van der Waals surface area contributed by atoms with Crippen LogP contribution in [0.5, 0.6) is 5.75 Å². The van der Waals surface area contributed by atoms with E-state index in [9.17, 15) is 10.2 Å². The number of benzene rings is 1. The molecule has 1 aromatic carbocycles. The summed E-state index contributed by atoms with van der Waals surface area (Å²) in [5.74, 6) is 1.65. The zero-order valence-electron chi connectivity index (χ0n) is 18.9. The Hall–Kier alpha value is -3.03. The first-order valence-corrected chi connectivity index (χ1v) is 11.1. The number of aryl methyl sites for hydroxylation is 1. The highest BCUT2D eigenvalue weighted by atomic mass is 16.3. The van der Waals surface area contributed by atoms with Crippen molar-refractivity contribution in [2.75, 3.05) is 32.1 Å². The Morgan fingerprint density at radius 1 is 1.12 bits per heavy atom. The van der Waals surface area contributed by atoms with Crippen molar-refractivity contribution >= 4 is 5.82 Å². The van der Waals surface area contributed by atoms with E-state index in [4.69, 9.17) is 9.97 Å². The number of piperidine rings is 1. The lowest BCUT2D eigenvalue weighted by atomic mass is 10.0. The number of rotatable bonds is 6. The number of aliphatic hydroxyl groups excluding tert-OH is 1. The molecule has 2 aromatic heterocycles. The highest BCUT2D eigenvalue weighted by Gasteiger charge is 2.23. The molecule has 7 nitrogen and oxygen atoms in total. The summed E-state index contributed by atoms with van der Waals surface area (Å²) in [7, 11) is 4.27. The Morgan fingerprint density at radius 3 is 2.56 bits per heavy atom. The minimum Gasteiger partial charge on any atom is -0.508 e. The van der Waals surface area contributed by atoms with E-state index in [1.807, 2.05) is 31.2 Å². The second-order valence-electron chi connectivity index (χ2n) is 8.79. The number of pyridine rings is 1. The van der Waals surface area contributed by atoms with Gasteiger partial charge in [0.25, 0.3) is 0 Å². The first-order chi connectivity index (χ1) is 15.4. The Kier molecular flexibility index (Phi) is 6.67. The van der Waals surface area contributed by atoms with E-state index in [0.717, 1.165) is 48.6 Å². The van der Waals surface area contributed by atoms with Crippen LogP contribution in [-0.4, -0.2) is 63.3 Å². The fourth-order valence-electron chi connectivity index (χ4n) is 4.29. The lowest BCUT2D eigenvalue weighted by Gasteiger charge is -2.36. The maximum absolute atomic E-state index is 10.9. The van der Waals surface area contributed by atoms with Crippen LogP contribution in [0.4, 0.5) is 5.82 Å². The van der Waals surface area contributed by atoms with E-state index < -0.39 is 6.10 Å². The van der Waals surface area contributed by atoms with Crippen molar-refractivity contribution in [3.05, 3.63) is 65.6 Å². The predicted octanol–water partition coefficient (Wildman–Crippen LogP) is 3.36. The monoisotopic (exact) mass is 433 g/mol. The summed E-state index contributed by atoms with van der Waals surface area (Å²) in [6.07, 6.45) is 5.22. The number of aliphatic hydroxyl groups is 1. The van der Waals surface area contributed by atoms with Crippen molar-refractivity contribution in [3.8, 4) is 17.1 Å². The Bertz CT molecular complexity index is 1030. The van der Waals surface area contributed by atoms with Gasteiger partial charge in [0.15, 0.2) is 5.82 Å². The van der Waals surface area contributed by atoms with Gasteiger partial charge in [-0.3, -0.25) is 4.98 Å². The number of aromatic nitrogens is 3. The Balaban J connectivity index is 1.63. The zero-order chi connectivity index (χ0) is 22.7. The molecule has 0 bridgehead atoms. The smallest absolute Gasteiger partial charge is 0.163 e. The maximum atomic E-state index is 10.9. The number of anilines is 1. The zero-order valence-corrected chi connectivity index (χ0v) is 18.9. The van der Waals surface area contributed by atoms with Gasteiger partial charge >= 0.3 is 0 Å². The molecule has 3 heterocycles. The molecule has 1 fully saturated rings. The molecular weight excluding hydrogens is 402 g/mol. The van der Waals surface area contributed by atoms with E-state index in [1.54, 1.807) is 24.5 Å². The summed E-state index contributed by atoms with van der Waals surface area (Å²) < 4.78 is 0. The molecule has 32 heavy (non-hydrogen) atoms. The molecule has 0 aliphatic carbocycles. The largest absolute Gasteiger partial charge is 0.508 e. The van der Waals surface area contributed by atoms with Crippen LogP contribution < -0.4 is 4.90 Å². The van der Waals surface area contributed by atoms with Crippen molar-refractivity contribution in [2.24, 2.45) is 0 Å². The van der Waals surface area contributed by atoms with Crippen LogP contribution in [0.15, 0.2) is 48.8 Å². The molecule has 0 saturated carbocycles. The van der Waals surface area contributed by atoms with Crippen molar-refractivity contribution < 1.29 is 10.2 Å². The van der Waals surface area contributed by atoms with Gasteiger partial charge in [-0.05, 0) is 69.3 Å². The minimum absolute atomic E-state index is 0.155. The minimum atomic E-state index is -0.773. The molecule has 1 saturated heterocycles. The second kappa shape index (κ2) is 9.63. The van der Waals surface area contributed by atoms with Crippen molar-refractivity contribution in [1.82, 2.24) is 19.9 Å². The Morgan fingerprint density at radius 2 is 1.91 bits per heavy atom. The van der Waals surface area contributed by atoms with E-state index in [2.05, 4.69) is 28.9 Å². The lowest BCUT2D eigenvalue weighted by Crippen LogP contribution is -2.42. The fraction of sp³-hybridized carbons (Fsp3) is 0.400. The predicted molar refractivity (Wildman–Crippen MR) is 126 cm³/mol. The van der Waals surface area contributed by atoms with Crippen LogP contribution in [0.1, 0.15) is 35.8 Å². The topological polar surface area (TPSA) is 85.6 Å². The van der Waals surface area contributed by atoms with E-state index in [1.165, 1.54) is 0 Å². The molecule has 7 heteroatoms. The molecule has 0 spiro atoms. The van der Waals surface area contributed by atoms with Gasteiger partial charge in [0.1, 0.15) is 11.6 Å². The SMILES string of the molecule is Cc1cc(O)cc(C(O)Cc2cc(N3CCC(N(C)C)CC3)nc(-c3cccnc3)n2)c1. The maximum Gasteiger partial charge on any atom is 0.163 e. The van der Waals surface area contributed by atoms with Gasteiger partial charge < -0.3 is 20.0 Å². The third kappa shape index (κ3) is 5.23. The van der Waals surface area contributed by atoms with Gasteiger partial charge in [-0.1, -0.05) is 6.07 Å². The highest BCUT2D eigenvalue weighted by Crippen LogP contribution is 2.27. The molecule has 0 amide bonds. The number of phenolic OH excluding ortho intramolecular Hbond substituents is 1. The molecule has 2 N–H and O–H groups in total. The number of phenols is 1. The van der Waals surface area contributed by atoms with Crippen LogP contribution in [0.2, 0.25) is 0 Å². The average Bonchev–Trinajstić information content (AvgIpc) is 2.79. The van der Waals surface area contributed by atoms with Crippen LogP contribution >= 0.6 is 0 Å². The van der Waals surface area contributed by atoms with Crippen LogP contribution in [0.25, 0.3) is 11.4 Å². The second-order valence-corrected chi connectivity index (χ2v) is 8.79.